The van der Waals surface area contributed by atoms with E-state index in [4.69, 9.17) is 5.26 Å². The molecule has 7 nitrogen and oxygen atoms in total. The topological polar surface area (TPSA) is 105 Å². The van der Waals surface area contributed by atoms with Crippen LogP contribution < -0.4 is 5.32 Å². The Hall–Kier alpha value is -2.66. The molecule has 1 aromatic carbocycles. The molecular formula is C18H20N4O3S. The molecule has 0 spiro atoms. The molecule has 0 bridgehead atoms. The average Bonchev–Trinajstić information content (AvgIpc) is 3.18. The molecule has 1 atom stereocenters. The summed E-state index contributed by atoms with van der Waals surface area (Å²) in [6, 6.07) is 10.1. The highest BCUT2D eigenvalue weighted by Crippen LogP contribution is 2.28. The van der Waals surface area contributed by atoms with Gasteiger partial charge in [0.2, 0.25) is 0 Å². The van der Waals surface area contributed by atoms with Crippen LogP contribution in [0.5, 0.6) is 0 Å². The van der Waals surface area contributed by atoms with Gasteiger partial charge in [0.15, 0.2) is 15.5 Å². The SMILES string of the molecule is CC(C)c1cc(C(=O)Nc2cccc(C#N)c2)nn1[C@H]1CCS(=O)(=O)C1. The highest BCUT2D eigenvalue weighted by Gasteiger charge is 2.32. The van der Waals surface area contributed by atoms with Crippen molar-refractivity contribution in [2.45, 2.75) is 32.2 Å². The van der Waals surface area contributed by atoms with Gasteiger partial charge < -0.3 is 5.32 Å². The normalized spacial score (nSPS) is 18.6. The van der Waals surface area contributed by atoms with Crippen LogP contribution in [-0.4, -0.2) is 35.6 Å². The fraction of sp³-hybridized carbons (Fsp3) is 0.389. The van der Waals surface area contributed by atoms with E-state index in [1.807, 2.05) is 19.9 Å². The van der Waals surface area contributed by atoms with Crippen molar-refractivity contribution >= 4 is 21.4 Å². The smallest absolute Gasteiger partial charge is 0.276 e. The molecule has 2 heterocycles. The van der Waals surface area contributed by atoms with E-state index in [2.05, 4.69) is 10.4 Å². The Morgan fingerprint density at radius 3 is 2.77 bits per heavy atom. The van der Waals surface area contributed by atoms with Crippen molar-refractivity contribution < 1.29 is 13.2 Å². The van der Waals surface area contributed by atoms with Crippen molar-refractivity contribution in [3.63, 3.8) is 0 Å². The summed E-state index contributed by atoms with van der Waals surface area (Å²) in [6.07, 6.45) is 0.509. The van der Waals surface area contributed by atoms with E-state index in [9.17, 15) is 13.2 Å². The molecule has 136 valence electrons. The van der Waals surface area contributed by atoms with Crippen molar-refractivity contribution in [2.75, 3.05) is 16.8 Å². The standard InChI is InChI=1S/C18H20N4O3S/c1-12(2)17-9-16(21-22(17)15-6-7-26(24,25)11-15)18(23)20-14-5-3-4-13(8-14)10-19/h3-5,8-9,12,15H,6-7,11H2,1-2H3,(H,20,23)/t15-/m0/s1. The first-order valence-electron chi connectivity index (χ1n) is 8.40. The van der Waals surface area contributed by atoms with Crippen LogP contribution in [0.1, 0.15) is 54.0 Å². The second-order valence-electron chi connectivity index (χ2n) is 6.76. The van der Waals surface area contributed by atoms with Crippen LogP contribution in [0, 0.1) is 11.3 Å². The van der Waals surface area contributed by atoms with E-state index in [0.717, 1.165) is 5.69 Å². The van der Waals surface area contributed by atoms with Crippen LogP contribution in [0.2, 0.25) is 0 Å². The molecule has 0 unspecified atom stereocenters. The van der Waals surface area contributed by atoms with Crippen LogP contribution in [0.3, 0.4) is 0 Å². The number of amides is 1. The van der Waals surface area contributed by atoms with Crippen molar-refractivity contribution in [2.24, 2.45) is 0 Å². The number of carbonyl (C=O) groups is 1. The van der Waals surface area contributed by atoms with Crippen molar-refractivity contribution in [3.8, 4) is 6.07 Å². The van der Waals surface area contributed by atoms with E-state index in [0.29, 0.717) is 17.7 Å². The molecule has 8 heteroatoms. The Morgan fingerprint density at radius 1 is 1.38 bits per heavy atom. The number of sulfone groups is 1. The Balaban J connectivity index is 1.87. The minimum Gasteiger partial charge on any atom is -0.321 e. The molecule has 1 aromatic heterocycles. The van der Waals surface area contributed by atoms with Gasteiger partial charge in [-0.15, -0.1) is 0 Å². The lowest BCUT2D eigenvalue weighted by Crippen LogP contribution is -2.17. The third kappa shape index (κ3) is 3.78. The summed E-state index contributed by atoms with van der Waals surface area (Å²) < 4.78 is 25.3. The average molecular weight is 372 g/mol. The predicted molar refractivity (Wildman–Crippen MR) is 97.7 cm³/mol. The number of nitrogens with one attached hydrogen (secondary N) is 1. The largest absolute Gasteiger partial charge is 0.321 e. The molecule has 2 aromatic rings. The fourth-order valence-electron chi connectivity index (χ4n) is 3.07. The fourth-order valence-corrected chi connectivity index (χ4v) is 4.77. The molecule has 3 rings (SSSR count). The Labute approximate surface area is 152 Å². The number of nitriles is 1. The molecule has 1 fully saturated rings. The summed E-state index contributed by atoms with van der Waals surface area (Å²) in [5, 5.41) is 16.1. The minimum atomic E-state index is -3.05. The number of nitrogens with zero attached hydrogens (tertiary/aromatic N) is 3. The van der Waals surface area contributed by atoms with Gasteiger partial charge in [-0.05, 0) is 36.6 Å². The predicted octanol–water partition coefficient (Wildman–Crippen LogP) is 2.49. The van der Waals surface area contributed by atoms with E-state index in [-0.39, 0.29) is 35.1 Å². The van der Waals surface area contributed by atoms with Gasteiger partial charge in [0, 0.05) is 11.4 Å². The lowest BCUT2D eigenvalue weighted by atomic mass is 10.1. The molecule has 1 amide bonds. The summed E-state index contributed by atoms with van der Waals surface area (Å²) >= 11 is 0. The van der Waals surface area contributed by atoms with Gasteiger partial charge >= 0.3 is 0 Å². The first-order valence-corrected chi connectivity index (χ1v) is 10.2. The molecular weight excluding hydrogens is 352 g/mol. The van der Waals surface area contributed by atoms with Gasteiger partial charge in [0.05, 0.1) is 29.2 Å². The lowest BCUT2D eigenvalue weighted by molar-refractivity contribution is 0.102. The zero-order valence-corrected chi connectivity index (χ0v) is 15.5. The van der Waals surface area contributed by atoms with Crippen LogP contribution in [0.15, 0.2) is 30.3 Å². The van der Waals surface area contributed by atoms with Gasteiger partial charge in [-0.25, -0.2) is 8.42 Å². The number of benzene rings is 1. The van der Waals surface area contributed by atoms with Crippen LogP contribution in [-0.2, 0) is 9.84 Å². The second-order valence-corrected chi connectivity index (χ2v) is 8.99. The number of rotatable bonds is 4. The number of hydrogen-bond acceptors (Lipinski definition) is 5. The maximum atomic E-state index is 12.6. The molecule has 1 aliphatic heterocycles. The molecule has 0 radical (unpaired) electrons. The second kappa shape index (κ2) is 6.92. The van der Waals surface area contributed by atoms with Gasteiger partial charge in [-0.1, -0.05) is 19.9 Å². The van der Waals surface area contributed by atoms with Gasteiger partial charge in [-0.3, -0.25) is 9.48 Å². The van der Waals surface area contributed by atoms with E-state index in [1.54, 1.807) is 35.0 Å². The Kier molecular flexibility index (Phi) is 4.83. The molecule has 1 aliphatic rings. The summed E-state index contributed by atoms with van der Waals surface area (Å²) in [5.74, 6) is -0.0760. The Morgan fingerprint density at radius 2 is 2.15 bits per heavy atom. The summed E-state index contributed by atoms with van der Waals surface area (Å²) in [6.45, 7) is 3.96. The first-order chi connectivity index (χ1) is 12.3. The molecule has 1 N–H and O–H groups in total. The summed E-state index contributed by atoms with van der Waals surface area (Å²) in [5.41, 5.74) is 2.04. The zero-order chi connectivity index (χ0) is 18.9. The highest BCUT2D eigenvalue weighted by atomic mass is 32.2. The number of carbonyl (C=O) groups excluding carboxylic acids is 1. The third-order valence-corrected chi connectivity index (χ3v) is 6.14. The van der Waals surface area contributed by atoms with Crippen molar-refractivity contribution in [3.05, 3.63) is 47.3 Å². The monoisotopic (exact) mass is 372 g/mol. The summed E-state index contributed by atoms with van der Waals surface area (Å²) in [7, 11) is -3.05. The van der Waals surface area contributed by atoms with Crippen LogP contribution >= 0.6 is 0 Å². The van der Waals surface area contributed by atoms with Crippen molar-refractivity contribution in [1.82, 2.24) is 9.78 Å². The maximum Gasteiger partial charge on any atom is 0.276 e. The van der Waals surface area contributed by atoms with Gasteiger partial charge in [0.25, 0.3) is 5.91 Å². The van der Waals surface area contributed by atoms with Crippen molar-refractivity contribution in [1.29, 1.82) is 5.26 Å². The lowest BCUT2D eigenvalue weighted by Gasteiger charge is -2.15. The highest BCUT2D eigenvalue weighted by molar-refractivity contribution is 7.91. The quantitative estimate of drug-likeness (QED) is 0.888. The molecule has 26 heavy (non-hydrogen) atoms. The van der Waals surface area contributed by atoms with Gasteiger partial charge in [-0.2, -0.15) is 10.4 Å². The van der Waals surface area contributed by atoms with E-state index < -0.39 is 9.84 Å². The maximum absolute atomic E-state index is 12.6. The van der Waals surface area contributed by atoms with Crippen LogP contribution in [0.4, 0.5) is 5.69 Å². The number of hydrogen-bond donors (Lipinski definition) is 1. The third-order valence-electron chi connectivity index (χ3n) is 4.39. The first kappa shape index (κ1) is 18.1. The molecule has 0 saturated carbocycles. The number of aromatic nitrogens is 2. The zero-order valence-electron chi connectivity index (χ0n) is 14.6. The molecule has 1 saturated heterocycles. The Bertz CT molecular complexity index is 986. The minimum absolute atomic E-state index is 0.0552. The summed E-state index contributed by atoms with van der Waals surface area (Å²) in [4.78, 5) is 12.6. The van der Waals surface area contributed by atoms with Gasteiger partial charge in [0.1, 0.15) is 0 Å². The van der Waals surface area contributed by atoms with Crippen LogP contribution in [0.25, 0.3) is 0 Å². The molecule has 0 aliphatic carbocycles. The van der Waals surface area contributed by atoms with E-state index >= 15 is 0 Å². The van der Waals surface area contributed by atoms with E-state index in [1.165, 1.54) is 0 Å². The number of anilines is 1.